The van der Waals surface area contributed by atoms with Crippen molar-refractivity contribution in [1.82, 2.24) is 5.32 Å². The van der Waals surface area contributed by atoms with E-state index in [-0.39, 0.29) is 12.1 Å². The van der Waals surface area contributed by atoms with Gasteiger partial charge in [-0.05, 0) is 36.6 Å². The van der Waals surface area contributed by atoms with E-state index in [4.69, 9.17) is 9.47 Å². The van der Waals surface area contributed by atoms with Gasteiger partial charge in [0.15, 0.2) is 0 Å². The lowest BCUT2D eigenvalue weighted by Gasteiger charge is -2.27. The van der Waals surface area contributed by atoms with Crippen LogP contribution in [0.25, 0.3) is 0 Å². The molecular formula is C19H23N3O3. The second-order valence-electron chi connectivity index (χ2n) is 5.94. The summed E-state index contributed by atoms with van der Waals surface area (Å²) in [6, 6.07) is 13.5. The molecule has 0 fully saturated rings. The van der Waals surface area contributed by atoms with Crippen LogP contribution in [0.1, 0.15) is 12.0 Å². The van der Waals surface area contributed by atoms with Crippen molar-refractivity contribution in [1.29, 1.82) is 0 Å². The molecule has 2 amide bonds. The minimum absolute atomic E-state index is 0.221. The molecule has 3 N–H and O–H groups in total. The van der Waals surface area contributed by atoms with E-state index in [0.717, 1.165) is 18.5 Å². The first-order valence-corrected chi connectivity index (χ1v) is 8.31. The summed E-state index contributed by atoms with van der Waals surface area (Å²) >= 11 is 0. The van der Waals surface area contributed by atoms with Crippen molar-refractivity contribution >= 4 is 17.4 Å². The van der Waals surface area contributed by atoms with Gasteiger partial charge in [-0.3, -0.25) is 0 Å². The average Bonchev–Trinajstić information content (AvgIpc) is 2.66. The number of anilines is 2. The first-order chi connectivity index (χ1) is 12.2. The smallest absolute Gasteiger partial charge is 0.319 e. The van der Waals surface area contributed by atoms with E-state index in [1.165, 1.54) is 5.56 Å². The molecule has 1 aliphatic rings. The van der Waals surface area contributed by atoms with Crippen LogP contribution in [-0.4, -0.2) is 32.8 Å². The van der Waals surface area contributed by atoms with E-state index in [1.54, 1.807) is 32.4 Å². The maximum atomic E-state index is 12.2. The highest BCUT2D eigenvalue weighted by molar-refractivity contribution is 5.91. The molecule has 3 rings (SSSR count). The summed E-state index contributed by atoms with van der Waals surface area (Å²) in [5, 5.41) is 9.20. The third-order valence-electron chi connectivity index (χ3n) is 4.31. The van der Waals surface area contributed by atoms with Gasteiger partial charge < -0.3 is 25.4 Å². The molecule has 1 atom stereocenters. The quantitative estimate of drug-likeness (QED) is 0.781. The van der Waals surface area contributed by atoms with Crippen LogP contribution in [0.2, 0.25) is 0 Å². The SMILES string of the molecule is COc1ccc(NC(=O)NCC2CCc3ccccc3N2)c(OC)c1. The third-order valence-corrected chi connectivity index (χ3v) is 4.31. The number of aryl methyl sites for hydroxylation is 1. The van der Waals surface area contributed by atoms with Gasteiger partial charge >= 0.3 is 6.03 Å². The molecule has 2 aromatic carbocycles. The lowest BCUT2D eigenvalue weighted by molar-refractivity contribution is 0.251. The second-order valence-corrected chi connectivity index (χ2v) is 5.94. The fraction of sp³-hybridized carbons (Fsp3) is 0.316. The number of methoxy groups -OCH3 is 2. The van der Waals surface area contributed by atoms with Crippen LogP contribution in [-0.2, 0) is 6.42 Å². The minimum atomic E-state index is -0.260. The Bertz CT molecular complexity index is 748. The maximum Gasteiger partial charge on any atom is 0.319 e. The largest absolute Gasteiger partial charge is 0.497 e. The Balaban J connectivity index is 1.54. The minimum Gasteiger partial charge on any atom is -0.497 e. The molecule has 1 aliphatic heterocycles. The van der Waals surface area contributed by atoms with E-state index < -0.39 is 0 Å². The zero-order valence-corrected chi connectivity index (χ0v) is 14.5. The first-order valence-electron chi connectivity index (χ1n) is 8.31. The number of amides is 2. The highest BCUT2D eigenvalue weighted by Gasteiger charge is 2.18. The number of para-hydroxylation sites is 1. The van der Waals surface area contributed by atoms with Gasteiger partial charge in [-0.15, -0.1) is 0 Å². The van der Waals surface area contributed by atoms with Crippen molar-refractivity contribution in [2.75, 3.05) is 31.4 Å². The van der Waals surface area contributed by atoms with Crippen LogP contribution >= 0.6 is 0 Å². The molecule has 25 heavy (non-hydrogen) atoms. The van der Waals surface area contributed by atoms with E-state index in [2.05, 4.69) is 34.1 Å². The molecule has 0 aromatic heterocycles. The zero-order chi connectivity index (χ0) is 17.6. The van der Waals surface area contributed by atoms with Gasteiger partial charge in [0.2, 0.25) is 0 Å². The Kier molecular flexibility index (Phi) is 5.28. The predicted octanol–water partition coefficient (Wildman–Crippen LogP) is 3.25. The Hall–Kier alpha value is -2.89. The van der Waals surface area contributed by atoms with E-state index in [1.807, 2.05) is 6.07 Å². The van der Waals surface area contributed by atoms with Crippen LogP contribution in [0, 0.1) is 0 Å². The van der Waals surface area contributed by atoms with Gasteiger partial charge in [0.1, 0.15) is 11.5 Å². The van der Waals surface area contributed by atoms with Crippen molar-refractivity contribution in [2.45, 2.75) is 18.9 Å². The van der Waals surface area contributed by atoms with Gasteiger partial charge in [0, 0.05) is 24.3 Å². The van der Waals surface area contributed by atoms with Gasteiger partial charge in [-0.25, -0.2) is 4.79 Å². The molecule has 1 heterocycles. The zero-order valence-electron chi connectivity index (χ0n) is 14.5. The summed E-state index contributed by atoms with van der Waals surface area (Å²) in [5.74, 6) is 1.23. The van der Waals surface area contributed by atoms with E-state index in [9.17, 15) is 4.79 Å². The highest BCUT2D eigenvalue weighted by Crippen LogP contribution is 2.29. The van der Waals surface area contributed by atoms with Crippen molar-refractivity contribution in [3.63, 3.8) is 0 Å². The standard InChI is InChI=1S/C19H23N3O3/c1-24-15-9-10-17(18(11-15)25-2)22-19(23)20-12-14-8-7-13-5-3-4-6-16(13)21-14/h3-6,9-11,14,21H,7-8,12H2,1-2H3,(H2,20,22,23). The van der Waals surface area contributed by atoms with Crippen molar-refractivity contribution < 1.29 is 14.3 Å². The molecule has 0 saturated heterocycles. The number of hydrogen-bond donors (Lipinski definition) is 3. The molecule has 6 heteroatoms. The monoisotopic (exact) mass is 341 g/mol. The number of carbonyl (C=O) groups is 1. The van der Waals surface area contributed by atoms with Crippen molar-refractivity contribution in [2.24, 2.45) is 0 Å². The van der Waals surface area contributed by atoms with E-state index >= 15 is 0 Å². The molecule has 132 valence electrons. The Labute approximate surface area is 147 Å². The Morgan fingerprint density at radius 2 is 2.04 bits per heavy atom. The molecule has 6 nitrogen and oxygen atoms in total. The Morgan fingerprint density at radius 3 is 2.84 bits per heavy atom. The second kappa shape index (κ2) is 7.79. The van der Waals surface area contributed by atoms with Crippen molar-refractivity contribution in [3.8, 4) is 11.5 Å². The summed E-state index contributed by atoms with van der Waals surface area (Å²) in [5.41, 5.74) is 3.08. The molecule has 1 unspecified atom stereocenters. The lowest BCUT2D eigenvalue weighted by atomic mass is 9.98. The first kappa shape index (κ1) is 17.0. The number of ether oxygens (including phenoxy) is 2. The molecule has 0 saturated carbocycles. The number of fused-ring (bicyclic) bond motifs is 1. The topological polar surface area (TPSA) is 71.6 Å². The number of urea groups is 1. The van der Waals surface area contributed by atoms with Crippen LogP contribution in [0.5, 0.6) is 11.5 Å². The summed E-state index contributed by atoms with van der Waals surface area (Å²) in [7, 11) is 3.14. The summed E-state index contributed by atoms with van der Waals surface area (Å²) in [4.78, 5) is 12.2. The van der Waals surface area contributed by atoms with Crippen LogP contribution in [0.3, 0.4) is 0 Å². The molecule has 0 bridgehead atoms. The predicted molar refractivity (Wildman–Crippen MR) is 98.7 cm³/mol. The van der Waals surface area contributed by atoms with Crippen LogP contribution in [0.15, 0.2) is 42.5 Å². The number of benzene rings is 2. The fourth-order valence-corrected chi connectivity index (χ4v) is 2.94. The molecule has 2 aromatic rings. The normalized spacial score (nSPS) is 15.5. The third kappa shape index (κ3) is 4.15. The summed E-state index contributed by atoms with van der Waals surface area (Å²) < 4.78 is 10.4. The van der Waals surface area contributed by atoms with Gasteiger partial charge in [-0.2, -0.15) is 0 Å². The van der Waals surface area contributed by atoms with Gasteiger partial charge in [0.05, 0.1) is 19.9 Å². The van der Waals surface area contributed by atoms with Gasteiger partial charge in [-0.1, -0.05) is 18.2 Å². The van der Waals surface area contributed by atoms with Gasteiger partial charge in [0.25, 0.3) is 0 Å². The molecule has 0 radical (unpaired) electrons. The number of nitrogens with one attached hydrogen (secondary N) is 3. The van der Waals surface area contributed by atoms with Crippen LogP contribution in [0.4, 0.5) is 16.2 Å². The van der Waals surface area contributed by atoms with Crippen LogP contribution < -0.4 is 25.4 Å². The van der Waals surface area contributed by atoms with Crippen molar-refractivity contribution in [3.05, 3.63) is 48.0 Å². The molecule has 0 aliphatic carbocycles. The average molecular weight is 341 g/mol. The lowest BCUT2D eigenvalue weighted by Crippen LogP contribution is -2.40. The summed E-state index contributed by atoms with van der Waals surface area (Å²) in [6.45, 7) is 0.554. The highest BCUT2D eigenvalue weighted by atomic mass is 16.5. The van der Waals surface area contributed by atoms with E-state index in [0.29, 0.717) is 23.7 Å². The maximum absolute atomic E-state index is 12.2. The molecular weight excluding hydrogens is 318 g/mol. The fourth-order valence-electron chi connectivity index (χ4n) is 2.94. The number of rotatable bonds is 5. The number of carbonyl (C=O) groups excluding carboxylic acids is 1. The summed E-state index contributed by atoms with van der Waals surface area (Å²) in [6.07, 6.45) is 2.01. The molecule has 0 spiro atoms. The Morgan fingerprint density at radius 1 is 1.20 bits per heavy atom. The number of hydrogen-bond acceptors (Lipinski definition) is 4.